The van der Waals surface area contributed by atoms with Gasteiger partial charge in [0.05, 0.1) is 17.4 Å². The van der Waals surface area contributed by atoms with E-state index in [0.717, 1.165) is 6.42 Å². The fourth-order valence-corrected chi connectivity index (χ4v) is 2.80. The molecule has 2 aromatic rings. The Labute approximate surface area is 156 Å². The van der Waals surface area contributed by atoms with Crippen LogP contribution in [0.2, 0.25) is 5.02 Å². The minimum Gasteiger partial charge on any atom is -0.350 e. The summed E-state index contributed by atoms with van der Waals surface area (Å²) in [6.07, 6.45) is 5.06. The van der Waals surface area contributed by atoms with Crippen molar-refractivity contribution in [3.63, 3.8) is 0 Å². The highest BCUT2D eigenvalue weighted by Gasteiger charge is 2.27. The van der Waals surface area contributed by atoms with Crippen molar-refractivity contribution >= 4 is 35.1 Å². The molecule has 1 aliphatic rings. The smallest absolute Gasteiger partial charge is 0.253 e. The Balaban J connectivity index is 1.57. The summed E-state index contributed by atoms with van der Waals surface area (Å²) in [5.41, 5.74) is 1.19. The van der Waals surface area contributed by atoms with E-state index in [1.807, 2.05) is 0 Å². The van der Waals surface area contributed by atoms with Crippen LogP contribution in [0.25, 0.3) is 0 Å². The van der Waals surface area contributed by atoms with E-state index in [4.69, 9.17) is 11.6 Å². The molecule has 3 rings (SSSR count). The standard InChI is InChI=1S/C18H18ClN5O2/c1-2-16(25)22-14-5-3-12(4-6-14)17(26)24-8-7-15(11-24)23-18-20-9-13(19)10-21-18/h2-6,9-10,15H,1,7-8,11H2,(H,22,25)(H,20,21,23). The summed E-state index contributed by atoms with van der Waals surface area (Å²) >= 11 is 5.77. The molecule has 134 valence electrons. The Morgan fingerprint density at radius 1 is 1.23 bits per heavy atom. The number of rotatable bonds is 5. The first-order valence-electron chi connectivity index (χ1n) is 8.12. The normalized spacial score (nSPS) is 16.2. The Kier molecular flexibility index (Phi) is 5.48. The van der Waals surface area contributed by atoms with Gasteiger partial charge in [-0.25, -0.2) is 9.97 Å². The van der Waals surface area contributed by atoms with Gasteiger partial charge in [-0.15, -0.1) is 0 Å². The van der Waals surface area contributed by atoms with Gasteiger partial charge in [0.25, 0.3) is 5.91 Å². The van der Waals surface area contributed by atoms with Gasteiger partial charge < -0.3 is 15.5 Å². The van der Waals surface area contributed by atoms with Gasteiger partial charge in [-0.05, 0) is 36.8 Å². The summed E-state index contributed by atoms with van der Waals surface area (Å²) in [5.74, 6) is 0.158. The lowest BCUT2D eigenvalue weighted by Crippen LogP contribution is -2.31. The van der Waals surface area contributed by atoms with Crippen LogP contribution in [0.15, 0.2) is 49.3 Å². The minimum absolute atomic E-state index is 0.0482. The van der Waals surface area contributed by atoms with Crippen LogP contribution in [0.3, 0.4) is 0 Å². The molecule has 1 aliphatic heterocycles. The number of benzene rings is 1. The molecule has 1 aromatic carbocycles. The van der Waals surface area contributed by atoms with Crippen molar-refractivity contribution in [2.24, 2.45) is 0 Å². The summed E-state index contributed by atoms with van der Waals surface area (Å²) in [6, 6.07) is 6.88. The van der Waals surface area contributed by atoms with Crippen LogP contribution < -0.4 is 10.6 Å². The fraction of sp³-hybridized carbons (Fsp3) is 0.222. The number of aromatic nitrogens is 2. The number of carbonyl (C=O) groups excluding carboxylic acids is 2. The van der Waals surface area contributed by atoms with Crippen LogP contribution in [0, 0.1) is 0 Å². The van der Waals surface area contributed by atoms with Crippen LogP contribution in [0.1, 0.15) is 16.8 Å². The SMILES string of the molecule is C=CC(=O)Nc1ccc(C(=O)N2CCC(Nc3ncc(Cl)cn3)C2)cc1. The third-order valence-corrected chi connectivity index (χ3v) is 4.21. The molecule has 2 amide bonds. The number of nitrogens with one attached hydrogen (secondary N) is 2. The number of amides is 2. The first-order valence-corrected chi connectivity index (χ1v) is 8.50. The molecule has 2 N–H and O–H groups in total. The third kappa shape index (κ3) is 4.37. The maximum atomic E-state index is 12.6. The average Bonchev–Trinajstić information content (AvgIpc) is 3.12. The summed E-state index contributed by atoms with van der Waals surface area (Å²) in [4.78, 5) is 33.9. The van der Waals surface area contributed by atoms with Gasteiger partial charge in [-0.2, -0.15) is 0 Å². The van der Waals surface area contributed by atoms with Gasteiger partial charge in [0.1, 0.15) is 0 Å². The molecule has 0 bridgehead atoms. The zero-order chi connectivity index (χ0) is 18.5. The van der Waals surface area contributed by atoms with E-state index in [0.29, 0.717) is 35.3 Å². The van der Waals surface area contributed by atoms with Gasteiger partial charge in [0.15, 0.2) is 0 Å². The zero-order valence-corrected chi connectivity index (χ0v) is 14.7. The van der Waals surface area contributed by atoms with E-state index >= 15 is 0 Å². The summed E-state index contributed by atoms with van der Waals surface area (Å²) in [5, 5.41) is 6.34. The molecule has 0 spiro atoms. The van der Waals surface area contributed by atoms with Crippen molar-refractivity contribution in [3.05, 3.63) is 59.9 Å². The van der Waals surface area contributed by atoms with E-state index < -0.39 is 0 Å². The highest BCUT2D eigenvalue weighted by Crippen LogP contribution is 2.18. The lowest BCUT2D eigenvalue weighted by Gasteiger charge is -2.17. The second-order valence-electron chi connectivity index (χ2n) is 5.88. The molecule has 26 heavy (non-hydrogen) atoms. The fourth-order valence-electron chi connectivity index (χ4n) is 2.70. The van der Waals surface area contributed by atoms with Gasteiger partial charge in [-0.3, -0.25) is 9.59 Å². The van der Waals surface area contributed by atoms with E-state index in [2.05, 4.69) is 27.2 Å². The molecule has 1 saturated heterocycles. The number of anilines is 2. The molecule has 0 aliphatic carbocycles. The zero-order valence-electron chi connectivity index (χ0n) is 14.0. The topological polar surface area (TPSA) is 87.2 Å². The maximum absolute atomic E-state index is 12.6. The van der Waals surface area contributed by atoms with Crippen LogP contribution in [0.4, 0.5) is 11.6 Å². The van der Waals surface area contributed by atoms with Crippen LogP contribution in [-0.2, 0) is 4.79 Å². The molecule has 1 fully saturated rings. The van der Waals surface area contributed by atoms with Crippen molar-refractivity contribution < 1.29 is 9.59 Å². The lowest BCUT2D eigenvalue weighted by atomic mass is 10.2. The van der Waals surface area contributed by atoms with Crippen molar-refractivity contribution in [2.45, 2.75) is 12.5 Å². The van der Waals surface area contributed by atoms with Gasteiger partial charge >= 0.3 is 0 Å². The summed E-state index contributed by atoms with van der Waals surface area (Å²) in [7, 11) is 0. The Bertz CT molecular complexity index is 807. The first kappa shape index (κ1) is 17.9. The van der Waals surface area contributed by atoms with Crippen molar-refractivity contribution in [1.29, 1.82) is 0 Å². The number of halogens is 1. The van der Waals surface area contributed by atoms with Crippen LogP contribution in [0.5, 0.6) is 0 Å². The van der Waals surface area contributed by atoms with Crippen molar-refractivity contribution in [3.8, 4) is 0 Å². The number of nitrogens with zero attached hydrogens (tertiary/aromatic N) is 3. The van der Waals surface area contributed by atoms with Gasteiger partial charge in [-0.1, -0.05) is 18.2 Å². The predicted molar refractivity (Wildman–Crippen MR) is 100 cm³/mol. The Morgan fingerprint density at radius 3 is 2.58 bits per heavy atom. The number of carbonyl (C=O) groups is 2. The second-order valence-corrected chi connectivity index (χ2v) is 6.31. The number of hydrogen-bond donors (Lipinski definition) is 2. The lowest BCUT2D eigenvalue weighted by molar-refractivity contribution is -0.111. The van der Waals surface area contributed by atoms with E-state index in [-0.39, 0.29) is 17.9 Å². The third-order valence-electron chi connectivity index (χ3n) is 4.01. The molecular formula is C18H18ClN5O2. The maximum Gasteiger partial charge on any atom is 0.253 e. The second kappa shape index (κ2) is 7.97. The summed E-state index contributed by atoms with van der Waals surface area (Å²) in [6.45, 7) is 4.62. The quantitative estimate of drug-likeness (QED) is 0.789. The van der Waals surface area contributed by atoms with E-state index in [1.54, 1.807) is 29.2 Å². The Hall–Kier alpha value is -2.93. The van der Waals surface area contributed by atoms with Gasteiger partial charge in [0.2, 0.25) is 11.9 Å². The minimum atomic E-state index is -0.290. The molecule has 2 heterocycles. The molecule has 8 heteroatoms. The first-order chi connectivity index (χ1) is 12.5. The van der Waals surface area contributed by atoms with Crippen molar-refractivity contribution in [2.75, 3.05) is 23.7 Å². The van der Waals surface area contributed by atoms with Crippen LogP contribution >= 0.6 is 11.6 Å². The number of hydrogen-bond acceptors (Lipinski definition) is 5. The molecule has 1 atom stereocenters. The molecule has 1 unspecified atom stereocenters. The summed E-state index contributed by atoms with van der Waals surface area (Å²) < 4.78 is 0. The van der Waals surface area contributed by atoms with E-state index in [9.17, 15) is 9.59 Å². The molecule has 0 radical (unpaired) electrons. The van der Waals surface area contributed by atoms with Gasteiger partial charge in [0, 0.05) is 30.4 Å². The van der Waals surface area contributed by atoms with Crippen LogP contribution in [-0.4, -0.2) is 45.8 Å². The highest BCUT2D eigenvalue weighted by atomic mass is 35.5. The van der Waals surface area contributed by atoms with E-state index in [1.165, 1.54) is 18.5 Å². The molecular weight excluding hydrogens is 354 g/mol. The molecule has 0 saturated carbocycles. The monoisotopic (exact) mass is 371 g/mol. The largest absolute Gasteiger partial charge is 0.350 e. The van der Waals surface area contributed by atoms with Crippen molar-refractivity contribution in [1.82, 2.24) is 14.9 Å². The molecule has 7 nitrogen and oxygen atoms in total. The highest BCUT2D eigenvalue weighted by molar-refractivity contribution is 6.30. The average molecular weight is 372 g/mol. The number of likely N-dealkylation sites (tertiary alicyclic amines) is 1. The Morgan fingerprint density at radius 2 is 1.92 bits per heavy atom. The predicted octanol–water partition coefficient (Wildman–Crippen LogP) is 2.58. The molecule has 1 aromatic heterocycles.